The van der Waals surface area contributed by atoms with E-state index in [2.05, 4.69) is 36.5 Å². The van der Waals surface area contributed by atoms with Crippen molar-refractivity contribution in [3.05, 3.63) is 0 Å². The van der Waals surface area contributed by atoms with Crippen molar-refractivity contribution in [2.45, 2.75) is 13.8 Å². The average molecular weight is 238 g/mol. The molecule has 2 N–H and O–H groups in total. The normalized spacial score (nSPS) is 9.71. The zero-order valence-electron chi connectivity index (χ0n) is 8.02. The number of amides is 2. The first-order valence-corrected chi connectivity index (χ1v) is 4.71. The first-order chi connectivity index (χ1) is 6.45. The third-order valence-corrected chi connectivity index (χ3v) is 2.09. The molecule has 14 heavy (non-hydrogen) atoms. The molecule has 0 radical (unpaired) electrons. The second-order valence-electron chi connectivity index (χ2n) is 2.48. The van der Waals surface area contributed by atoms with Gasteiger partial charge in [-0.1, -0.05) is 0 Å². The number of hydrogen-bond donors (Lipinski definition) is 4. The number of hydrogen-bond acceptors (Lipinski definition) is 6. The molecule has 0 saturated carbocycles. The molecule has 0 aliphatic carbocycles. The molecule has 0 saturated heterocycles. The molecule has 0 aromatic rings. The summed E-state index contributed by atoms with van der Waals surface area (Å²) in [5.74, 6) is -0.412. The van der Waals surface area contributed by atoms with E-state index >= 15 is 0 Å². The average Bonchev–Trinajstić information content (AvgIpc) is 2.11. The Bertz CT molecular complexity index is 192. The van der Waals surface area contributed by atoms with Crippen molar-refractivity contribution in [1.29, 1.82) is 0 Å². The first kappa shape index (κ1) is 13.6. The fourth-order valence-corrected chi connectivity index (χ4v) is 0.746. The van der Waals surface area contributed by atoms with Crippen molar-refractivity contribution in [3.63, 3.8) is 0 Å². The highest BCUT2D eigenvalue weighted by atomic mass is 32.1. The quantitative estimate of drug-likeness (QED) is 0.293. The molecular formula is C6H14N4O2S2. The van der Waals surface area contributed by atoms with E-state index < -0.39 is 0 Å². The summed E-state index contributed by atoms with van der Waals surface area (Å²) in [6.07, 6.45) is 0. The van der Waals surface area contributed by atoms with Crippen LogP contribution >= 0.6 is 25.6 Å². The van der Waals surface area contributed by atoms with Gasteiger partial charge in [-0.25, -0.2) is 19.7 Å². The molecule has 6 nitrogen and oxygen atoms in total. The maximum atomic E-state index is 10.7. The van der Waals surface area contributed by atoms with Crippen molar-refractivity contribution >= 4 is 37.4 Å². The van der Waals surface area contributed by atoms with Gasteiger partial charge in [-0.3, -0.25) is 9.59 Å². The van der Waals surface area contributed by atoms with Gasteiger partial charge in [0.1, 0.15) is 0 Å². The van der Waals surface area contributed by atoms with E-state index in [1.807, 2.05) is 0 Å². The van der Waals surface area contributed by atoms with Gasteiger partial charge in [0.05, 0.1) is 0 Å². The number of thiol groups is 2. The molecule has 0 rings (SSSR count). The van der Waals surface area contributed by atoms with E-state index in [1.54, 1.807) is 0 Å². The molecule has 0 atom stereocenters. The Morgan fingerprint density at radius 3 is 1.50 bits per heavy atom. The van der Waals surface area contributed by atoms with Crippen molar-refractivity contribution in [3.8, 4) is 0 Å². The van der Waals surface area contributed by atoms with Crippen LogP contribution in [0.2, 0.25) is 0 Å². The standard InChI is InChI=1S/C6H14N4O2S2/c1-5(11)9(13)7-3-4-8-10(14)6(2)12/h7-8,13-14H,3-4H2,1-2H3. The van der Waals surface area contributed by atoms with E-state index in [-0.39, 0.29) is 11.8 Å². The van der Waals surface area contributed by atoms with Crippen LogP contribution in [-0.4, -0.2) is 33.7 Å². The zero-order valence-corrected chi connectivity index (χ0v) is 9.81. The molecule has 0 bridgehead atoms. The number of nitrogens with one attached hydrogen (secondary N) is 2. The summed E-state index contributed by atoms with van der Waals surface area (Å²) in [6.45, 7) is 3.67. The topological polar surface area (TPSA) is 64.7 Å². The van der Waals surface area contributed by atoms with Crippen LogP contribution in [0.1, 0.15) is 13.8 Å². The van der Waals surface area contributed by atoms with Gasteiger partial charge in [0, 0.05) is 26.9 Å². The van der Waals surface area contributed by atoms with Crippen molar-refractivity contribution in [2.75, 3.05) is 13.1 Å². The molecule has 0 spiro atoms. The maximum Gasteiger partial charge on any atom is 0.243 e. The van der Waals surface area contributed by atoms with E-state index in [0.29, 0.717) is 13.1 Å². The van der Waals surface area contributed by atoms with E-state index in [4.69, 9.17) is 0 Å². The van der Waals surface area contributed by atoms with Gasteiger partial charge in [-0.2, -0.15) is 0 Å². The van der Waals surface area contributed by atoms with Crippen LogP contribution in [0.3, 0.4) is 0 Å². The highest BCUT2D eigenvalue weighted by molar-refractivity contribution is 7.78. The van der Waals surface area contributed by atoms with Gasteiger partial charge in [0.25, 0.3) is 0 Å². The minimum Gasteiger partial charge on any atom is -0.273 e. The lowest BCUT2D eigenvalue weighted by Gasteiger charge is -2.17. The summed E-state index contributed by atoms with van der Waals surface area (Å²) >= 11 is 7.67. The van der Waals surface area contributed by atoms with Gasteiger partial charge < -0.3 is 0 Å². The lowest BCUT2D eigenvalue weighted by molar-refractivity contribution is -0.127. The number of hydrazine groups is 2. The summed E-state index contributed by atoms with van der Waals surface area (Å²) in [7, 11) is 0. The van der Waals surface area contributed by atoms with Gasteiger partial charge >= 0.3 is 0 Å². The van der Waals surface area contributed by atoms with Crippen LogP contribution in [0.25, 0.3) is 0 Å². The summed E-state index contributed by atoms with van der Waals surface area (Å²) in [5.41, 5.74) is 5.38. The predicted octanol–water partition coefficient (Wildman–Crippen LogP) is -0.618. The molecule has 8 heteroatoms. The SMILES string of the molecule is CC(=O)N(S)NCCNN(S)C(C)=O. The Labute approximate surface area is 94.0 Å². The molecule has 0 unspecified atom stereocenters. The molecule has 0 aliphatic rings. The van der Waals surface area contributed by atoms with E-state index in [9.17, 15) is 9.59 Å². The van der Waals surface area contributed by atoms with Crippen molar-refractivity contribution in [2.24, 2.45) is 0 Å². The summed E-state index contributed by atoms with van der Waals surface area (Å²) in [4.78, 5) is 21.3. The largest absolute Gasteiger partial charge is 0.273 e. The van der Waals surface area contributed by atoms with Crippen LogP contribution in [-0.2, 0) is 9.59 Å². The molecule has 82 valence electrons. The van der Waals surface area contributed by atoms with Crippen molar-refractivity contribution in [1.82, 2.24) is 19.7 Å². The zero-order chi connectivity index (χ0) is 11.1. The van der Waals surface area contributed by atoms with Crippen LogP contribution in [0.4, 0.5) is 0 Å². The maximum absolute atomic E-state index is 10.7. The molecule has 0 aromatic heterocycles. The predicted molar refractivity (Wildman–Crippen MR) is 59.0 cm³/mol. The third kappa shape index (κ3) is 6.08. The lowest BCUT2D eigenvalue weighted by atomic mass is 10.6. The number of carbonyl (C=O) groups is 2. The van der Waals surface area contributed by atoms with Gasteiger partial charge in [-0.05, 0) is 25.6 Å². The molecule has 0 aliphatic heterocycles. The fraction of sp³-hybridized carbons (Fsp3) is 0.667. The van der Waals surface area contributed by atoms with Crippen molar-refractivity contribution < 1.29 is 9.59 Å². The molecule has 0 fully saturated rings. The third-order valence-electron chi connectivity index (χ3n) is 1.24. The minimum absolute atomic E-state index is 0.206. The highest BCUT2D eigenvalue weighted by Gasteiger charge is 2.03. The number of nitrogens with zero attached hydrogens (tertiary/aromatic N) is 2. The van der Waals surface area contributed by atoms with Crippen LogP contribution in [0, 0.1) is 0 Å². The highest BCUT2D eigenvalue weighted by Crippen LogP contribution is 1.88. The van der Waals surface area contributed by atoms with Gasteiger partial charge in [-0.15, -0.1) is 0 Å². The van der Waals surface area contributed by atoms with Crippen LogP contribution in [0.5, 0.6) is 0 Å². The molecular weight excluding hydrogens is 224 g/mol. The Hall–Kier alpha value is -0.440. The molecule has 0 heterocycles. The van der Waals surface area contributed by atoms with E-state index in [1.165, 1.54) is 13.8 Å². The lowest BCUT2D eigenvalue weighted by Crippen LogP contribution is -2.42. The van der Waals surface area contributed by atoms with Crippen LogP contribution < -0.4 is 10.9 Å². The summed E-state index contributed by atoms with van der Waals surface area (Å²) in [6, 6.07) is 0. The Morgan fingerprint density at radius 2 is 1.29 bits per heavy atom. The number of carbonyl (C=O) groups excluding carboxylic acids is 2. The monoisotopic (exact) mass is 238 g/mol. The first-order valence-electron chi connectivity index (χ1n) is 3.91. The Kier molecular flexibility index (Phi) is 6.71. The molecule has 2 amide bonds. The van der Waals surface area contributed by atoms with Crippen LogP contribution in [0.15, 0.2) is 0 Å². The second-order valence-corrected chi connectivity index (χ2v) is 3.28. The summed E-state index contributed by atoms with van der Waals surface area (Å²) in [5, 5.41) is 0. The molecule has 0 aromatic carbocycles. The number of rotatable bonds is 5. The Morgan fingerprint density at radius 1 is 1.00 bits per heavy atom. The van der Waals surface area contributed by atoms with E-state index in [0.717, 1.165) is 8.83 Å². The summed E-state index contributed by atoms with van der Waals surface area (Å²) < 4.78 is 2.14. The second kappa shape index (κ2) is 6.93. The van der Waals surface area contributed by atoms with Gasteiger partial charge in [0.2, 0.25) is 11.8 Å². The smallest absolute Gasteiger partial charge is 0.243 e. The fourth-order valence-electron chi connectivity index (χ4n) is 0.546. The van der Waals surface area contributed by atoms with Gasteiger partial charge in [0.15, 0.2) is 0 Å². The minimum atomic E-state index is -0.206. The Balaban J connectivity index is 3.47.